The smallest absolute Gasteiger partial charge is 0.279 e. The van der Waals surface area contributed by atoms with Crippen LogP contribution in [0, 0.1) is 0 Å². The molecule has 0 atom stereocenters. The zero-order valence-electron chi connectivity index (χ0n) is 15.4. The molecule has 0 fully saturated rings. The minimum Gasteiger partial charge on any atom is -0.279 e. The van der Waals surface area contributed by atoms with Crippen LogP contribution in [0.1, 0.15) is 32.8 Å². The predicted molar refractivity (Wildman–Crippen MR) is 100 cm³/mol. The van der Waals surface area contributed by atoms with E-state index < -0.39 is 11.2 Å². The fourth-order valence-corrected chi connectivity index (χ4v) is 3.34. The fraction of sp³-hybridized carbons (Fsp3) is 0.263. The number of carbonyl (C=O) groups excluding carboxylic acids is 2. The first-order valence-electron chi connectivity index (χ1n) is 8.77. The Hall–Kier alpha value is -3.62. The highest BCUT2D eigenvalue weighted by atomic mass is 16.2. The molecule has 0 N–H and O–H groups in total. The second-order valence-corrected chi connectivity index (χ2v) is 6.65. The molecule has 3 aromatic rings. The summed E-state index contributed by atoms with van der Waals surface area (Å²) in [5.41, 5.74) is 0.776. The molecule has 1 aliphatic heterocycles. The van der Waals surface area contributed by atoms with Crippen molar-refractivity contribution in [2.45, 2.75) is 12.8 Å². The second kappa shape index (κ2) is 6.52. The van der Waals surface area contributed by atoms with Crippen molar-refractivity contribution in [1.82, 2.24) is 24.0 Å². The topological polar surface area (TPSA) is 107 Å². The summed E-state index contributed by atoms with van der Waals surface area (Å²) in [5.74, 6) is -0.591. The van der Waals surface area contributed by atoms with Crippen molar-refractivity contribution in [2.75, 3.05) is 6.54 Å². The van der Waals surface area contributed by atoms with Gasteiger partial charge in [0.1, 0.15) is 0 Å². The van der Waals surface area contributed by atoms with E-state index >= 15 is 0 Å². The Bertz CT molecular complexity index is 1220. The molecule has 2 aromatic heterocycles. The first-order valence-corrected chi connectivity index (χ1v) is 8.77. The van der Waals surface area contributed by atoms with E-state index in [1.54, 1.807) is 24.3 Å². The van der Waals surface area contributed by atoms with Gasteiger partial charge in [-0.1, -0.05) is 12.1 Å². The number of imide groups is 1. The fourth-order valence-electron chi connectivity index (χ4n) is 3.34. The average molecular weight is 379 g/mol. The summed E-state index contributed by atoms with van der Waals surface area (Å²) < 4.78 is 2.26. The molecule has 4 rings (SSSR count). The van der Waals surface area contributed by atoms with Gasteiger partial charge in [0.25, 0.3) is 17.4 Å². The van der Waals surface area contributed by atoms with Gasteiger partial charge in [-0.05, 0) is 25.0 Å². The number of rotatable bonds is 4. The van der Waals surface area contributed by atoms with Crippen molar-refractivity contribution in [2.24, 2.45) is 14.1 Å². The normalized spacial score (nSPS) is 13.4. The first kappa shape index (κ1) is 17.8. The number of amides is 2. The van der Waals surface area contributed by atoms with E-state index in [2.05, 4.69) is 9.97 Å². The van der Waals surface area contributed by atoms with Gasteiger partial charge in [-0.3, -0.25) is 28.4 Å². The minimum atomic E-state index is -0.497. The van der Waals surface area contributed by atoms with E-state index in [4.69, 9.17) is 0 Å². The summed E-state index contributed by atoms with van der Waals surface area (Å²) in [6.07, 6.45) is 2.42. The zero-order chi connectivity index (χ0) is 20.0. The lowest BCUT2D eigenvalue weighted by Crippen LogP contribution is -2.37. The number of benzene rings is 1. The third-order valence-corrected chi connectivity index (χ3v) is 4.90. The quantitative estimate of drug-likeness (QED) is 0.602. The van der Waals surface area contributed by atoms with Gasteiger partial charge in [-0.25, -0.2) is 14.8 Å². The van der Waals surface area contributed by atoms with Gasteiger partial charge in [0.2, 0.25) is 0 Å². The van der Waals surface area contributed by atoms with Crippen molar-refractivity contribution in [3.8, 4) is 0 Å². The molecule has 0 bridgehead atoms. The maximum atomic E-state index is 12.4. The van der Waals surface area contributed by atoms with Gasteiger partial charge in [-0.2, -0.15) is 0 Å². The zero-order valence-corrected chi connectivity index (χ0v) is 15.4. The molecule has 3 heterocycles. The van der Waals surface area contributed by atoms with Crippen LogP contribution in [0.15, 0.2) is 40.1 Å². The molecule has 2 amide bonds. The Labute approximate surface area is 158 Å². The standard InChI is InChI=1S/C19H17N5O4/c1-22-15-14(18(27)23(2)19(22)28)20-10-11(21-15)6-5-9-24-16(25)12-7-3-4-8-13(12)17(24)26/h3-4,7-8,10H,5-6,9H2,1-2H3. The SMILES string of the molecule is Cn1c(=O)c2ncc(CCCN3C(=O)c4ccccc4C3=O)nc2n(C)c1=O. The Morgan fingerprint density at radius 3 is 2.21 bits per heavy atom. The van der Waals surface area contributed by atoms with Crippen molar-refractivity contribution in [1.29, 1.82) is 0 Å². The van der Waals surface area contributed by atoms with E-state index in [1.165, 1.54) is 29.8 Å². The monoisotopic (exact) mass is 379 g/mol. The van der Waals surface area contributed by atoms with Crippen LogP contribution in [0.5, 0.6) is 0 Å². The summed E-state index contributed by atoms with van der Waals surface area (Å²) in [5, 5.41) is 0. The summed E-state index contributed by atoms with van der Waals surface area (Å²) in [7, 11) is 2.92. The lowest BCUT2D eigenvalue weighted by molar-refractivity contribution is 0.0652. The molecular formula is C19H17N5O4. The van der Waals surface area contributed by atoms with Crippen LogP contribution in [-0.4, -0.2) is 42.4 Å². The molecule has 142 valence electrons. The lowest BCUT2D eigenvalue weighted by Gasteiger charge is -2.13. The van der Waals surface area contributed by atoms with Gasteiger partial charge in [0.15, 0.2) is 11.2 Å². The largest absolute Gasteiger partial charge is 0.332 e. The van der Waals surface area contributed by atoms with Crippen molar-refractivity contribution < 1.29 is 9.59 Å². The van der Waals surface area contributed by atoms with Gasteiger partial charge in [-0.15, -0.1) is 0 Å². The molecule has 9 heteroatoms. The summed E-state index contributed by atoms with van der Waals surface area (Å²) in [4.78, 5) is 58.7. The maximum absolute atomic E-state index is 12.4. The van der Waals surface area contributed by atoms with Gasteiger partial charge in [0, 0.05) is 26.8 Å². The third-order valence-electron chi connectivity index (χ3n) is 4.90. The Morgan fingerprint density at radius 1 is 0.929 bits per heavy atom. The lowest BCUT2D eigenvalue weighted by atomic mass is 10.1. The Morgan fingerprint density at radius 2 is 1.57 bits per heavy atom. The molecule has 0 saturated heterocycles. The molecule has 0 spiro atoms. The van der Waals surface area contributed by atoms with Crippen molar-refractivity contribution in [3.63, 3.8) is 0 Å². The number of aryl methyl sites for hydroxylation is 2. The number of carbonyl (C=O) groups is 2. The van der Waals surface area contributed by atoms with E-state index in [0.29, 0.717) is 29.7 Å². The number of hydrogen-bond acceptors (Lipinski definition) is 6. The predicted octanol–water partition coefficient (Wildman–Crippen LogP) is 0.256. The van der Waals surface area contributed by atoms with Crippen LogP contribution >= 0.6 is 0 Å². The number of aromatic nitrogens is 4. The van der Waals surface area contributed by atoms with Crippen LogP contribution in [-0.2, 0) is 20.5 Å². The highest BCUT2D eigenvalue weighted by molar-refractivity contribution is 6.21. The van der Waals surface area contributed by atoms with Crippen LogP contribution in [0.3, 0.4) is 0 Å². The molecule has 0 saturated carbocycles. The maximum Gasteiger partial charge on any atom is 0.332 e. The van der Waals surface area contributed by atoms with E-state index in [-0.39, 0.29) is 29.5 Å². The van der Waals surface area contributed by atoms with E-state index in [0.717, 1.165) is 4.57 Å². The van der Waals surface area contributed by atoms with Gasteiger partial charge >= 0.3 is 5.69 Å². The summed E-state index contributed by atoms with van der Waals surface area (Å²) in [6.45, 7) is 0.252. The van der Waals surface area contributed by atoms with Crippen LogP contribution in [0.4, 0.5) is 0 Å². The number of nitrogens with zero attached hydrogens (tertiary/aromatic N) is 5. The van der Waals surface area contributed by atoms with Crippen molar-refractivity contribution in [3.05, 3.63) is 68.1 Å². The molecule has 1 aliphatic rings. The molecule has 0 radical (unpaired) electrons. The van der Waals surface area contributed by atoms with Crippen LogP contribution in [0.2, 0.25) is 0 Å². The second-order valence-electron chi connectivity index (χ2n) is 6.65. The molecule has 0 unspecified atom stereocenters. The van der Waals surface area contributed by atoms with Crippen LogP contribution < -0.4 is 11.2 Å². The molecule has 0 aliphatic carbocycles. The molecule has 1 aromatic carbocycles. The van der Waals surface area contributed by atoms with Gasteiger partial charge < -0.3 is 0 Å². The Balaban J connectivity index is 1.53. The summed E-state index contributed by atoms with van der Waals surface area (Å²) >= 11 is 0. The first-order chi connectivity index (χ1) is 13.4. The molecular weight excluding hydrogens is 362 g/mol. The summed E-state index contributed by atoms with van der Waals surface area (Å²) in [6, 6.07) is 6.75. The number of fused-ring (bicyclic) bond motifs is 2. The Kier molecular flexibility index (Phi) is 4.14. The highest BCUT2D eigenvalue weighted by Gasteiger charge is 2.34. The minimum absolute atomic E-state index is 0.119. The molecule has 9 nitrogen and oxygen atoms in total. The van der Waals surface area contributed by atoms with Gasteiger partial charge in [0.05, 0.1) is 16.8 Å². The average Bonchev–Trinajstić information content (AvgIpc) is 2.95. The van der Waals surface area contributed by atoms with Crippen LogP contribution in [0.25, 0.3) is 11.2 Å². The molecule has 28 heavy (non-hydrogen) atoms. The van der Waals surface area contributed by atoms with E-state index in [1.807, 2.05) is 0 Å². The number of hydrogen-bond donors (Lipinski definition) is 0. The highest BCUT2D eigenvalue weighted by Crippen LogP contribution is 2.22. The van der Waals surface area contributed by atoms with E-state index in [9.17, 15) is 19.2 Å². The van der Waals surface area contributed by atoms with Crippen molar-refractivity contribution >= 4 is 23.0 Å². The third kappa shape index (κ3) is 2.63.